The van der Waals surface area contributed by atoms with Gasteiger partial charge in [-0.1, -0.05) is 119 Å². The summed E-state index contributed by atoms with van der Waals surface area (Å²) in [5.74, 6) is -2.34. The van der Waals surface area contributed by atoms with Crippen LogP contribution in [0.5, 0.6) is 0 Å². The molecule has 0 radical (unpaired) electrons. The van der Waals surface area contributed by atoms with Crippen LogP contribution < -0.4 is 0 Å². The number of allylic oxidation sites excluding steroid dienone is 12. The van der Waals surface area contributed by atoms with Crippen molar-refractivity contribution in [2.24, 2.45) is 0 Å². The average Bonchev–Trinajstić information content (AvgIpc) is 2.97. The summed E-state index contributed by atoms with van der Waals surface area (Å²) < 4.78 is 0. The van der Waals surface area contributed by atoms with Gasteiger partial charge in [0.05, 0.1) is 6.42 Å². The van der Waals surface area contributed by atoms with Crippen molar-refractivity contribution in [3.63, 3.8) is 0 Å². The highest BCUT2D eigenvalue weighted by Gasteiger charge is 2.18. The van der Waals surface area contributed by atoms with E-state index in [4.69, 9.17) is 0 Å². The normalized spacial score (nSPS) is 12.2. The highest BCUT2D eigenvalue weighted by Crippen LogP contribution is 2.10. The molecular formula is C36H56O5. The molecule has 230 valence electrons. The third-order valence-electron chi connectivity index (χ3n) is 6.27. The molecule has 41 heavy (non-hydrogen) atoms. The van der Waals surface area contributed by atoms with Crippen molar-refractivity contribution in [2.45, 2.75) is 136 Å². The Labute approximate surface area is 250 Å². The fourth-order valence-electron chi connectivity index (χ4n) is 3.89. The fraction of sp³-hybridized carbons (Fsp3) is 0.583. The largest absolute Gasteiger partial charge is 0.421 e. The van der Waals surface area contributed by atoms with Gasteiger partial charge in [-0.05, 0) is 77.0 Å². The summed E-state index contributed by atoms with van der Waals surface area (Å²) in [5.41, 5.74) is 0. The fourth-order valence-corrected chi connectivity index (χ4v) is 3.89. The first-order valence-electron chi connectivity index (χ1n) is 16.0. The molecule has 0 aliphatic heterocycles. The van der Waals surface area contributed by atoms with Gasteiger partial charge in [0.1, 0.15) is 0 Å². The van der Waals surface area contributed by atoms with Crippen molar-refractivity contribution < 1.29 is 24.2 Å². The van der Waals surface area contributed by atoms with Crippen molar-refractivity contribution in [1.29, 1.82) is 0 Å². The molecule has 5 heteroatoms. The molecule has 0 N–H and O–H groups in total. The molecule has 5 nitrogen and oxygen atoms in total. The molecule has 0 bridgehead atoms. The molecular weight excluding hydrogens is 512 g/mol. The Balaban J connectivity index is 3.59. The van der Waals surface area contributed by atoms with Gasteiger partial charge in [0.25, 0.3) is 0 Å². The molecule has 0 aliphatic rings. The Bertz CT molecular complexity index is 829. The second-order valence-corrected chi connectivity index (χ2v) is 10.1. The van der Waals surface area contributed by atoms with Gasteiger partial charge in [-0.15, -0.1) is 0 Å². The summed E-state index contributed by atoms with van der Waals surface area (Å²) in [5, 5.41) is 0. The van der Waals surface area contributed by atoms with Crippen molar-refractivity contribution in [3.8, 4) is 0 Å². The molecule has 0 aromatic heterocycles. The number of Topliss-reactive ketones (excluding diaryl/α,β-unsaturated/α-hetero) is 1. The average molecular weight is 569 g/mol. The Kier molecular flexibility index (Phi) is 29.3. The lowest BCUT2D eigenvalue weighted by Gasteiger charge is -2.03. The highest BCUT2D eigenvalue weighted by molar-refractivity contribution is 6.33. The quantitative estimate of drug-likeness (QED) is 0.0341. The molecule has 0 fully saturated rings. The zero-order valence-electron chi connectivity index (χ0n) is 25.9. The predicted octanol–water partition coefficient (Wildman–Crippen LogP) is 10.3. The lowest BCUT2D eigenvalue weighted by molar-refractivity contribution is -0.256. The Hall–Kier alpha value is -2.95. The van der Waals surface area contributed by atoms with Crippen LogP contribution in [0.25, 0.3) is 0 Å². The standard InChI is InChI=1S/C36H56O5/c1-3-5-7-9-11-13-15-17-19-21-23-25-27-29-31-33-35(38)40-41-36(39)34(37)32-30-28-26-24-22-20-18-16-14-12-10-8-6-4-2/h5-8,11-14,17-20H,3-4,9-10,15-16,21-33H2,1-2H3/b7-5-,8-6-,13-11-,14-12-,19-17-,20-18-. The van der Waals surface area contributed by atoms with Gasteiger partial charge in [0.2, 0.25) is 5.78 Å². The third-order valence-corrected chi connectivity index (χ3v) is 6.27. The molecule has 0 aromatic rings. The van der Waals surface area contributed by atoms with Crippen LogP contribution in [0.15, 0.2) is 72.9 Å². The zero-order valence-corrected chi connectivity index (χ0v) is 25.9. The predicted molar refractivity (Wildman–Crippen MR) is 171 cm³/mol. The van der Waals surface area contributed by atoms with Gasteiger partial charge in [0, 0.05) is 6.42 Å². The number of ketones is 1. The second-order valence-electron chi connectivity index (χ2n) is 10.1. The minimum atomic E-state index is -1.09. The highest BCUT2D eigenvalue weighted by atomic mass is 17.2. The minimum Gasteiger partial charge on any atom is -0.287 e. The summed E-state index contributed by atoms with van der Waals surface area (Å²) >= 11 is 0. The maximum atomic E-state index is 11.9. The number of rotatable bonds is 26. The van der Waals surface area contributed by atoms with E-state index in [1.54, 1.807) is 0 Å². The number of hydrogen-bond donors (Lipinski definition) is 0. The molecule has 0 unspecified atom stereocenters. The third kappa shape index (κ3) is 29.8. The van der Waals surface area contributed by atoms with E-state index in [-0.39, 0.29) is 12.8 Å². The smallest absolute Gasteiger partial charge is 0.287 e. The summed E-state index contributed by atoms with van der Waals surface area (Å²) in [6.45, 7) is 4.27. The van der Waals surface area contributed by atoms with Crippen molar-refractivity contribution >= 4 is 17.7 Å². The van der Waals surface area contributed by atoms with E-state index in [1.807, 2.05) is 0 Å². The zero-order chi connectivity index (χ0) is 30.1. The monoisotopic (exact) mass is 568 g/mol. The van der Waals surface area contributed by atoms with Gasteiger partial charge in [0.15, 0.2) is 0 Å². The summed E-state index contributed by atoms with van der Waals surface area (Å²) in [4.78, 5) is 44.4. The van der Waals surface area contributed by atoms with Gasteiger partial charge in [-0.3, -0.25) is 4.79 Å². The van der Waals surface area contributed by atoms with E-state index in [0.29, 0.717) is 12.8 Å². The molecule has 0 heterocycles. The van der Waals surface area contributed by atoms with E-state index in [2.05, 4.69) is 96.5 Å². The van der Waals surface area contributed by atoms with Crippen LogP contribution in [0.3, 0.4) is 0 Å². The van der Waals surface area contributed by atoms with Gasteiger partial charge in [-0.2, -0.15) is 0 Å². The molecule has 0 rings (SSSR count). The summed E-state index contributed by atoms with van der Waals surface area (Å²) in [7, 11) is 0. The van der Waals surface area contributed by atoms with E-state index in [1.165, 1.54) is 0 Å². The first-order chi connectivity index (χ1) is 20.1. The van der Waals surface area contributed by atoms with E-state index in [0.717, 1.165) is 96.3 Å². The Morgan fingerprint density at radius 1 is 0.439 bits per heavy atom. The molecule has 0 amide bonds. The topological polar surface area (TPSA) is 69.7 Å². The van der Waals surface area contributed by atoms with Gasteiger partial charge >= 0.3 is 11.9 Å². The lowest BCUT2D eigenvalue weighted by Crippen LogP contribution is -2.19. The molecule has 0 spiro atoms. The number of carbonyl (C=O) groups is 3. The number of carbonyl (C=O) groups excluding carboxylic acids is 3. The van der Waals surface area contributed by atoms with Gasteiger partial charge < -0.3 is 0 Å². The first-order valence-corrected chi connectivity index (χ1v) is 16.0. The maximum absolute atomic E-state index is 11.9. The van der Waals surface area contributed by atoms with Crippen LogP contribution in [0.2, 0.25) is 0 Å². The number of hydrogen-bond acceptors (Lipinski definition) is 5. The summed E-state index contributed by atoms with van der Waals surface area (Å²) in [6.07, 6.45) is 43.2. The van der Waals surface area contributed by atoms with Crippen LogP contribution in [-0.4, -0.2) is 17.7 Å². The van der Waals surface area contributed by atoms with Crippen molar-refractivity contribution in [1.82, 2.24) is 0 Å². The van der Waals surface area contributed by atoms with Crippen LogP contribution >= 0.6 is 0 Å². The Morgan fingerprint density at radius 3 is 1.32 bits per heavy atom. The lowest BCUT2D eigenvalue weighted by atomic mass is 10.1. The van der Waals surface area contributed by atoms with Crippen LogP contribution in [0.1, 0.15) is 136 Å². The second kappa shape index (κ2) is 31.6. The first kappa shape index (κ1) is 38.0. The van der Waals surface area contributed by atoms with Crippen molar-refractivity contribution in [2.75, 3.05) is 0 Å². The van der Waals surface area contributed by atoms with E-state index >= 15 is 0 Å². The summed E-state index contributed by atoms with van der Waals surface area (Å²) in [6, 6.07) is 0. The molecule has 0 atom stereocenters. The SMILES string of the molecule is CC/C=C\C/C=C\C/C=C\CCCCCCCC(=O)OOC(=O)C(=O)CCCCCC/C=C\C/C=C\C/C=C\CC. The molecule has 0 saturated carbocycles. The van der Waals surface area contributed by atoms with Crippen LogP contribution in [0, 0.1) is 0 Å². The van der Waals surface area contributed by atoms with E-state index < -0.39 is 17.7 Å². The Morgan fingerprint density at radius 2 is 0.829 bits per heavy atom. The van der Waals surface area contributed by atoms with Crippen LogP contribution in [-0.2, 0) is 24.2 Å². The molecule has 0 aromatic carbocycles. The molecule has 0 aliphatic carbocycles. The van der Waals surface area contributed by atoms with Crippen LogP contribution in [0.4, 0.5) is 0 Å². The van der Waals surface area contributed by atoms with E-state index in [9.17, 15) is 14.4 Å². The van der Waals surface area contributed by atoms with Gasteiger partial charge in [-0.25, -0.2) is 19.4 Å². The maximum Gasteiger partial charge on any atom is 0.421 e. The number of unbranched alkanes of at least 4 members (excludes halogenated alkanes) is 9. The molecule has 0 saturated heterocycles. The van der Waals surface area contributed by atoms with Crippen molar-refractivity contribution in [3.05, 3.63) is 72.9 Å². The minimum absolute atomic E-state index is 0.117.